The van der Waals surface area contributed by atoms with Gasteiger partial charge in [-0.2, -0.15) is 0 Å². The van der Waals surface area contributed by atoms with Crippen LogP contribution in [0.5, 0.6) is 0 Å². The highest BCUT2D eigenvalue weighted by Gasteiger charge is 2.27. The molecule has 0 N–H and O–H groups in total. The number of hydrogen-bond acceptors (Lipinski definition) is 2. The molecule has 3 heteroatoms. The van der Waals surface area contributed by atoms with Gasteiger partial charge >= 0.3 is 0 Å². The minimum Gasteiger partial charge on any atom is -0.378 e. The fourth-order valence-corrected chi connectivity index (χ4v) is 3.18. The zero-order chi connectivity index (χ0) is 14.3. The predicted molar refractivity (Wildman–Crippen MR) is 80.3 cm³/mol. The molecule has 0 bridgehead atoms. The molecule has 3 nitrogen and oxygen atoms in total. The molecular weight excluding hydrogens is 250 g/mol. The van der Waals surface area contributed by atoms with Crippen molar-refractivity contribution in [1.29, 1.82) is 0 Å². The number of aromatic nitrogens is 1. The van der Waals surface area contributed by atoms with Crippen LogP contribution in [0.15, 0.2) is 17.1 Å². The molecule has 0 radical (unpaired) electrons. The molecule has 2 unspecified atom stereocenters. The van der Waals surface area contributed by atoms with E-state index in [1.165, 1.54) is 18.4 Å². The van der Waals surface area contributed by atoms with Gasteiger partial charge in [0.1, 0.15) is 0 Å². The van der Waals surface area contributed by atoms with Crippen molar-refractivity contribution in [3.8, 4) is 0 Å². The lowest BCUT2D eigenvalue weighted by Crippen LogP contribution is -2.28. The van der Waals surface area contributed by atoms with Crippen LogP contribution in [0.4, 0.5) is 0 Å². The van der Waals surface area contributed by atoms with Crippen molar-refractivity contribution in [2.75, 3.05) is 6.61 Å². The summed E-state index contributed by atoms with van der Waals surface area (Å²) < 4.78 is 7.58. The summed E-state index contributed by atoms with van der Waals surface area (Å²) in [6.45, 7) is 7.93. The minimum absolute atomic E-state index is 0.198. The van der Waals surface area contributed by atoms with Crippen LogP contribution in [-0.2, 0) is 11.3 Å². The summed E-state index contributed by atoms with van der Waals surface area (Å²) in [5.41, 5.74) is 2.53. The van der Waals surface area contributed by atoms with Crippen LogP contribution in [0.1, 0.15) is 63.0 Å². The lowest BCUT2D eigenvalue weighted by Gasteiger charge is -2.16. The molecule has 1 aliphatic heterocycles. The van der Waals surface area contributed by atoms with Crippen molar-refractivity contribution in [1.82, 2.24) is 4.57 Å². The zero-order valence-electron chi connectivity index (χ0n) is 12.8. The van der Waals surface area contributed by atoms with Gasteiger partial charge in [-0.1, -0.05) is 13.8 Å². The SMILES string of the molecule is CC1CC(Cn2cc(C3CC3)cc(C(C)C)c2=O)CO1. The molecule has 1 saturated heterocycles. The third-order valence-electron chi connectivity index (χ3n) is 4.54. The van der Waals surface area contributed by atoms with Gasteiger partial charge in [-0.15, -0.1) is 0 Å². The van der Waals surface area contributed by atoms with E-state index in [2.05, 4.69) is 33.0 Å². The quantitative estimate of drug-likeness (QED) is 0.844. The van der Waals surface area contributed by atoms with E-state index in [1.54, 1.807) is 0 Å². The summed E-state index contributed by atoms with van der Waals surface area (Å²) in [6, 6.07) is 2.15. The number of ether oxygens (including phenoxy) is 1. The first-order valence-corrected chi connectivity index (χ1v) is 7.90. The third-order valence-corrected chi connectivity index (χ3v) is 4.54. The summed E-state index contributed by atoms with van der Waals surface area (Å²) in [5, 5.41) is 0. The molecule has 2 aliphatic rings. The normalized spacial score (nSPS) is 26.4. The van der Waals surface area contributed by atoms with Crippen LogP contribution in [0.3, 0.4) is 0 Å². The maximum absolute atomic E-state index is 12.6. The minimum atomic E-state index is 0.198. The van der Waals surface area contributed by atoms with E-state index in [0.29, 0.717) is 23.9 Å². The van der Waals surface area contributed by atoms with Crippen LogP contribution in [0, 0.1) is 5.92 Å². The molecule has 1 aromatic rings. The molecule has 1 aliphatic carbocycles. The maximum atomic E-state index is 12.6. The number of rotatable bonds is 4. The summed E-state index contributed by atoms with van der Waals surface area (Å²) in [5.74, 6) is 1.47. The van der Waals surface area contributed by atoms with Gasteiger partial charge in [0.25, 0.3) is 5.56 Å². The first kappa shape index (κ1) is 13.9. The zero-order valence-corrected chi connectivity index (χ0v) is 12.8. The highest BCUT2D eigenvalue weighted by molar-refractivity contribution is 5.27. The van der Waals surface area contributed by atoms with Gasteiger partial charge < -0.3 is 9.30 Å². The van der Waals surface area contributed by atoms with Gasteiger partial charge in [0.2, 0.25) is 0 Å². The molecule has 2 heterocycles. The fraction of sp³-hybridized carbons (Fsp3) is 0.706. The molecule has 3 rings (SSSR count). The summed E-state index contributed by atoms with van der Waals surface area (Å²) in [6.07, 6.45) is 6.07. The van der Waals surface area contributed by atoms with Gasteiger partial charge in [-0.05, 0) is 49.7 Å². The topological polar surface area (TPSA) is 31.2 Å². The third kappa shape index (κ3) is 2.83. The van der Waals surface area contributed by atoms with Gasteiger partial charge in [0, 0.05) is 24.2 Å². The summed E-state index contributed by atoms with van der Waals surface area (Å²) in [4.78, 5) is 12.6. The predicted octanol–water partition coefficient (Wildman–Crippen LogP) is 3.27. The molecule has 1 aromatic heterocycles. The van der Waals surface area contributed by atoms with Crippen LogP contribution in [0.2, 0.25) is 0 Å². The van der Waals surface area contributed by atoms with Crippen LogP contribution >= 0.6 is 0 Å². The Hall–Kier alpha value is -1.09. The molecule has 2 atom stereocenters. The van der Waals surface area contributed by atoms with E-state index in [9.17, 15) is 4.79 Å². The van der Waals surface area contributed by atoms with Gasteiger partial charge in [0.05, 0.1) is 12.7 Å². The largest absolute Gasteiger partial charge is 0.378 e. The van der Waals surface area contributed by atoms with Gasteiger partial charge in [-0.3, -0.25) is 4.79 Å². The number of nitrogens with zero attached hydrogens (tertiary/aromatic N) is 1. The molecule has 2 fully saturated rings. The van der Waals surface area contributed by atoms with Crippen molar-refractivity contribution in [3.05, 3.63) is 33.7 Å². The Bertz CT molecular complexity index is 542. The fourth-order valence-electron chi connectivity index (χ4n) is 3.18. The van der Waals surface area contributed by atoms with Crippen LogP contribution < -0.4 is 5.56 Å². The Balaban J connectivity index is 1.90. The lowest BCUT2D eigenvalue weighted by molar-refractivity contribution is 0.118. The second kappa shape index (κ2) is 5.36. The van der Waals surface area contributed by atoms with Crippen LogP contribution in [0.25, 0.3) is 0 Å². The highest BCUT2D eigenvalue weighted by atomic mass is 16.5. The Morgan fingerprint density at radius 2 is 2.15 bits per heavy atom. The van der Waals surface area contributed by atoms with E-state index >= 15 is 0 Å². The number of pyridine rings is 1. The first-order valence-electron chi connectivity index (χ1n) is 7.90. The van der Waals surface area contributed by atoms with E-state index in [4.69, 9.17) is 4.74 Å². The highest BCUT2D eigenvalue weighted by Crippen LogP contribution is 2.40. The summed E-state index contributed by atoms with van der Waals surface area (Å²) in [7, 11) is 0. The van der Waals surface area contributed by atoms with E-state index in [-0.39, 0.29) is 5.56 Å². The Labute approximate surface area is 121 Å². The van der Waals surface area contributed by atoms with Crippen molar-refractivity contribution >= 4 is 0 Å². The van der Waals surface area contributed by atoms with Gasteiger partial charge in [0.15, 0.2) is 0 Å². The smallest absolute Gasteiger partial charge is 0.254 e. The lowest BCUT2D eigenvalue weighted by atomic mass is 10.0. The Morgan fingerprint density at radius 3 is 2.70 bits per heavy atom. The van der Waals surface area contributed by atoms with Crippen LogP contribution in [-0.4, -0.2) is 17.3 Å². The van der Waals surface area contributed by atoms with E-state index < -0.39 is 0 Å². The van der Waals surface area contributed by atoms with Crippen molar-refractivity contribution in [3.63, 3.8) is 0 Å². The summed E-state index contributed by atoms with van der Waals surface area (Å²) >= 11 is 0. The average molecular weight is 275 g/mol. The number of hydrogen-bond donors (Lipinski definition) is 0. The van der Waals surface area contributed by atoms with E-state index in [1.807, 2.05) is 4.57 Å². The Kier molecular flexibility index (Phi) is 3.72. The monoisotopic (exact) mass is 275 g/mol. The second-order valence-corrected chi connectivity index (χ2v) is 6.86. The Morgan fingerprint density at radius 1 is 1.40 bits per heavy atom. The van der Waals surface area contributed by atoms with E-state index in [0.717, 1.165) is 25.1 Å². The van der Waals surface area contributed by atoms with Gasteiger partial charge in [-0.25, -0.2) is 0 Å². The van der Waals surface area contributed by atoms with Crippen molar-refractivity contribution in [2.24, 2.45) is 5.92 Å². The first-order chi connectivity index (χ1) is 9.54. The standard InChI is InChI=1S/C17H25NO2/c1-11(2)16-7-15(14-4-5-14)9-18(17(16)19)8-13-6-12(3)20-10-13/h7,9,11-14H,4-6,8,10H2,1-3H3. The molecular formula is C17H25NO2. The average Bonchev–Trinajstić information content (AvgIpc) is 3.16. The molecule has 1 saturated carbocycles. The second-order valence-electron chi connectivity index (χ2n) is 6.86. The molecule has 20 heavy (non-hydrogen) atoms. The molecule has 0 amide bonds. The molecule has 0 spiro atoms. The molecule has 110 valence electrons. The van der Waals surface area contributed by atoms with Crippen molar-refractivity contribution in [2.45, 2.75) is 64.5 Å². The molecule has 0 aromatic carbocycles. The maximum Gasteiger partial charge on any atom is 0.254 e. The van der Waals surface area contributed by atoms with Crippen molar-refractivity contribution < 1.29 is 4.74 Å².